The van der Waals surface area contributed by atoms with Crippen LogP contribution in [0.2, 0.25) is 0 Å². The molecule has 2 N–H and O–H groups in total. The molecule has 0 radical (unpaired) electrons. The Morgan fingerprint density at radius 2 is 1.75 bits per heavy atom. The molecular formula is C3H9N3O6. The molecule has 0 aliphatic carbocycles. The van der Waals surface area contributed by atoms with Crippen LogP contribution in [0.4, 0.5) is 0 Å². The molecule has 0 fully saturated rings. The first-order valence-corrected chi connectivity index (χ1v) is 2.87. The average Bonchev–Trinajstić information content (AvgIpc) is 1.86. The summed E-state index contributed by atoms with van der Waals surface area (Å²) in [5, 5.41) is 25.2. The molecule has 0 aromatic rings. The number of rotatable bonds is 4. The van der Waals surface area contributed by atoms with Crippen LogP contribution in [0.5, 0.6) is 0 Å². The minimum Gasteiger partial charge on any atom is -0.356 e. The van der Waals surface area contributed by atoms with E-state index in [1.54, 1.807) is 0 Å². The minimum atomic E-state index is -1.75. The van der Waals surface area contributed by atoms with Gasteiger partial charge in [0.1, 0.15) is 6.61 Å². The van der Waals surface area contributed by atoms with Gasteiger partial charge in [-0.05, 0) is 0 Å². The predicted octanol–water partition coefficient (Wildman–Crippen LogP) is -1.85. The van der Waals surface area contributed by atoms with Gasteiger partial charge in [-0.1, -0.05) is 0 Å². The van der Waals surface area contributed by atoms with Crippen LogP contribution in [-0.2, 0) is 4.84 Å². The number of quaternary nitrogens is 1. The highest BCUT2D eigenvalue weighted by Crippen LogP contribution is 1.67. The summed E-state index contributed by atoms with van der Waals surface area (Å²) in [6, 6.07) is 0. The molecule has 0 saturated heterocycles. The van der Waals surface area contributed by atoms with Crippen molar-refractivity contribution in [2.45, 2.75) is 0 Å². The third-order valence-electron chi connectivity index (χ3n) is 0.603. The molecule has 0 rings (SSSR count). The maximum atomic E-state index is 9.44. The Labute approximate surface area is 67.1 Å². The molecule has 0 spiro atoms. The van der Waals surface area contributed by atoms with Gasteiger partial charge >= 0.3 is 0 Å². The Bertz CT molecular complexity index is 134. The van der Waals surface area contributed by atoms with E-state index in [0.717, 1.165) is 0 Å². The Kier molecular flexibility index (Phi) is 10.1. The molecule has 0 heterocycles. The van der Waals surface area contributed by atoms with Crippen LogP contribution in [0.1, 0.15) is 0 Å². The van der Waals surface area contributed by atoms with Crippen molar-refractivity contribution in [3.63, 3.8) is 0 Å². The fraction of sp³-hybridized carbons (Fsp3) is 1.00. The number of hydrogen-bond acceptors (Lipinski definition) is 6. The number of nitrogens with zero attached hydrogens (tertiary/aromatic N) is 2. The van der Waals surface area contributed by atoms with Gasteiger partial charge < -0.3 is 25.5 Å². The third-order valence-corrected chi connectivity index (χ3v) is 0.603. The molecule has 0 bridgehead atoms. The zero-order valence-electron chi connectivity index (χ0n) is 6.34. The molecule has 0 aromatic heterocycles. The van der Waals surface area contributed by atoms with E-state index in [1.807, 2.05) is 12.4 Å². The van der Waals surface area contributed by atoms with Crippen molar-refractivity contribution in [2.75, 3.05) is 20.2 Å². The van der Waals surface area contributed by atoms with E-state index in [-0.39, 0.29) is 6.61 Å². The van der Waals surface area contributed by atoms with E-state index in [1.165, 1.54) is 0 Å². The summed E-state index contributed by atoms with van der Waals surface area (Å²) >= 11 is 0. The highest BCUT2D eigenvalue weighted by atomic mass is 16.9. The first kappa shape index (κ1) is 13.0. The molecule has 12 heavy (non-hydrogen) atoms. The van der Waals surface area contributed by atoms with Gasteiger partial charge in [0.15, 0.2) is 0 Å². The van der Waals surface area contributed by atoms with E-state index in [2.05, 4.69) is 4.84 Å². The summed E-state index contributed by atoms with van der Waals surface area (Å²) in [7, 11) is 1.82. The van der Waals surface area contributed by atoms with Crippen LogP contribution in [0, 0.1) is 25.4 Å². The quantitative estimate of drug-likeness (QED) is 0.308. The van der Waals surface area contributed by atoms with Gasteiger partial charge in [0, 0.05) is 0 Å². The Morgan fingerprint density at radius 1 is 1.33 bits per heavy atom. The van der Waals surface area contributed by atoms with Gasteiger partial charge in [0.2, 0.25) is 0 Å². The van der Waals surface area contributed by atoms with Crippen LogP contribution in [0.3, 0.4) is 0 Å². The topological polar surface area (TPSA) is 135 Å². The van der Waals surface area contributed by atoms with Crippen LogP contribution in [0.15, 0.2) is 0 Å². The molecule has 0 aromatic carbocycles. The minimum absolute atomic E-state index is 0.170. The summed E-state index contributed by atoms with van der Waals surface area (Å²) in [5.74, 6) is 0. The van der Waals surface area contributed by atoms with Crippen molar-refractivity contribution in [2.24, 2.45) is 0 Å². The molecule has 0 aliphatic heterocycles. The van der Waals surface area contributed by atoms with E-state index < -0.39 is 10.2 Å². The maximum Gasteiger partial charge on any atom is 0.294 e. The predicted molar refractivity (Wildman–Crippen MR) is 36.0 cm³/mol. The molecular weight excluding hydrogens is 174 g/mol. The zero-order chi connectivity index (χ0) is 9.98. The maximum absolute atomic E-state index is 9.44. The van der Waals surface area contributed by atoms with Gasteiger partial charge in [-0.2, -0.15) is 0 Å². The smallest absolute Gasteiger partial charge is 0.294 e. The lowest BCUT2D eigenvalue weighted by Gasteiger charge is -1.92. The normalized spacial score (nSPS) is 7.75. The highest BCUT2D eigenvalue weighted by molar-refractivity contribution is 4.11. The second kappa shape index (κ2) is 9.36. The largest absolute Gasteiger partial charge is 0.356 e. The SMILES string of the molecule is C[NH2+]CCO[N+](=O)[O-].O=[N+]([O-])[O-]. The van der Waals surface area contributed by atoms with Crippen LogP contribution in [0.25, 0.3) is 0 Å². The second-order valence-electron chi connectivity index (χ2n) is 1.48. The van der Waals surface area contributed by atoms with E-state index in [0.29, 0.717) is 6.54 Å². The van der Waals surface area contributed by atoms with Gasteiger partial charge in [-0.25, -0.2) is 0 Å². The molecule has 0 unspecified atom stereocenters. The molecule has 9 heteroatoms. The Balaban J connectivity index is 0. The van der Waals surface area contributed by atoms with Gasteiger partial charge in [0.25, 0.3) is 5.09 Å². The molecule has 72 valence electrons. The lowest BCUT2D eigenvalue weighted by atomic mass is 10.7. The molecule has 0 amide bonds. The van der Waals surface area contributed by atoms with Crippen molar-refractivity contribution >= 4 is 0 Å². The van der Waals surface area contributed by atoms with Gasteiger partial charge in [0.05, 0.1) is 18.7 Å². The number of hydrogen-bond donors (Lipinski definition) is 1. The average molecular weight is 183 g/mol. The molecule has 0 atom stereocenters. The summed E-state index contributed by atoms with van der Waals surface area (Å²) in [4.78, 5) is 21.7. The van der Waals surface area contributed by atoms with E-state index >= 15 is 0 Å². The summed E-state index contributed by atoms with van der Waals surface area (Å²) < 4.78 is 0. The van der Waals surface area contributed by atoms with Gasteiger partial charge in [-0.3, -0.25) is 0 Å². The van der Waals surface area contributed by atoms with Crippen molar-refractivity contribution in [3.8, 4) is 0 Å². The fourth-order valence-corrected chi connectivity index (χ4v) is 0.245. The third kappa shape index (κ3) is 40.1. The van der Waals surface area contributed by atoms with Crippen molar-refractivity contribution in [3.05, 3.63) is 25.4 Å². The Morgan fingerprint density at radius 3 is 2.00 bits per heavy atom. The number of nitrogens with two attached hydrogens (primary N) is 1. The number of likely N-dealkylation sites (N-methyl/N-ethyl adjacent to an activating group) is 1. The summed E-state index contributed by atoms with van der Waals surface area (Å²) in [5.41, 5.74) is 0. The standard InChI is InChI=1S/C3H8N2O3.NO3/c1-4-2-3-8-5(6)7;2-1(3)4/h4H,2-3H2,1H3;/q;-1/p+1. The monoisotopic (exact) mass is 183 g/mol. The summed E-state index contributed by atoms with van der Waals surface area (Å²) in [6.45, 7) is 0.796. The lowest BCUT2D eigenvalue weighted by molar-refractivity contribution is -0.768. The first-order chi connectivity index (χ1) is 5.50. The molecule has 9 nitrogen and oxygen atoms in total. The molecule has 0 aliphatic rings. The van der Waals surface area contributed by atoms with Gasteiger partial charge in [-0.15, -0.1) is 10.1 Å². The van der Waals surface area contributed by atoms with Crippen molar-refractivity contribution < 1.29 is 20.3 Å². The fourth-order valence-electron chi connectivity index (χ4n) is 0.245. The van der Waals surface area contributed by atoms with Crippen LogP contribution >= 0.6 is 0 Å². The van der Waals surface area contributed by atoms with E-state index in [4.69, 9.17) is 15.3 Å². The zero-order valence-corrected chi connectivity index (χ0v) is 6.34. The van der Waals surface area contributed by atoms with Crippen molar-refractivity contribution in [1.29, 1.82) is 0 Å². The summed E-state index contributed by atoms with van der Waals surface area (Å²) in [6.07, 6.45) is 0. The highest BCUT2D eigenvalue weighted by Gasteiger charge is 1.91. The molecule has 0 saturated carbocycles. The second-order valence-corrected chi connectivity index (χ2v) is 1.48. The Hall–Kier alpha value is -1.64. The van der Waals surface area contributed by atoms with Crippen molar-refractivity contribution in [1.82, 2.24) is 0 Å². The lowest BCUT2D eigenvalue weighted by Crippen LogP contribution is -2.80. The van der Waals surface area contributed by atoms with Crippen LogP contribution in [-0.4, -0.2) is 30.4 Å². The first-order valence-electron chi connectivity index (χ1n) is 2.87. The van der Waals surface area contributed by atoms with Crippen LogP contribution < -0.4 is 5.32 Å². The van der Waals surface area contributed by atoms with E-state index in [9.17, 15) is 10.1 Å².